The smallest absolute Gasteiger partial charge is 0.165 e. The second kappa shape index (κ2) is 7.47. The van der Waals surface area contributed by atoms with E-state index in [9.17, 15) is 0 Å². The SMILES string of the molecule is Cc1cncc(-c2nnc3n2CCC(=C(c2ccccc2)c2ccccc2)C3)c1. The molecule has 0 amide bonds. The molecule has 2 aromatic heterocycles. The number of aromatic nitrogens is 4. The molecule has 0 N–H and O–H groups in total. The van der Waals surface area contributed by atoms with E-state index in [1.165, 1.54) is 22.3 Å². The van der Waals surface area contributed by atoms with Crippen molar-refractivity contribution in [2.24, 2.45) is 0 Å². The third-order valence-corrected chi connectivity index (χ3v) is 5.45. The Balaban J connectivity index is 1.59. The maximum absolute atomic E-state index is 4.53. The monoisotopic (exact) mass is 378 g/mol. The number of benzene rings is 2. The van der Waals surface area contributed by atoms with E-state index in [0.717, 1.165) is 42.2 Å². The highest BCUT2D eigenvalue weighted by Crippen LogP contribution is 2.34. The van der Waals surface area contributed by atoms with Crippen molar-refractivity contribution in [3.63, 3.8) is 0 Å². The zero-order valence-electron chi connectivity index (χ0n) is 16.4. The van der Waals surface area contributed by atoms with Crippen molar-refractivity contribution in [1.29, 1.82) is 0 Å². The van der Waals surface area contributed by atoms with E-state index >= 15 is 0 Å². The Kier molecular flexibility index (Phi) is 4.53. The van der Waals surface area contributed by atoms with Gasteiger partial charge >= 0.3 is 0 Å². The number of allylic oxidation sites excluding steroid dienone is 1. The Hall–Kier alpha value is -3.53. The summed E-state index contributed by atoms with van der Waals surface area (Å²) in [6.45, 7) is 2.93. The molecule has 0 aliphatic carbocycles. The Labute approximate surface area is 170 Å². The lowest BCUT2D eigenvalue weighted by molar-refractivity contribution is 0.609. The van der Waals surface area contributed by atoms with Crippen LogP contribution in [-0.2, 0) is 13.0 Å². The molecule has 4 aromatic rings. The Bertz CT molecular complexity index is 1130. The van der Waals surface area contributed by atoms with Gasteiger partial charge in [-0.25, -0.2) is 0 Å². The zero-order valence-corrected chi connectivity index (χ0v) is 16.4. The molecule has 0 saturated heterocycles. The number of aryl methyl sites for hydroxylation is 1. The minimum Gasteiger partial charge on any atom is -0.310 e. The summed E-state index contributed by atoms with van der Waals surface area (Å²) in [6, 6.07) is 23.4. The quantitative estimate of drug-likeness (QED) is 0.498. The van der Waals surface area contributed by atoms with E-state index in [1.54, 1.807) is 0 Å². The highest BCUT2D eigenvalue weighted by molar-refractivity contribution is 5.82. The number of pyridine rings is 1. The first-order valence-electron chi connectivity index (χ1n) is 9.96. The molecule has 0 bridgehead atoms. The van der Waals surface area contributed by atoms with Crippen LogP contribution in [0, 0.1) is 6.92 Å². The van der Waals surface area contributed by atoms with Gasteiger partial charge in [-0.05, 0) is 41.7 Å². The molecule has 0 atom stereocenters. The van der Waals surface area contributed by atoms with Gasteiger partial charge in [0.1, 0.15) is 5.82 Å². The van der Waals surface area contributed by atoms with Gasteiger partial charge < -0.3 is 4.57 Å². The van der Waals surface area contributed by atoms with Crippen molar-refractivity contribution in [2.45, 2.75) is 26.3 Å². The lowest BCUT2D eigenvalue weighted by Gasteiger charge is -2.22. The molecule has 0 saturated carbocycles. The predicted octanol–water partition coefficient (Wildman–Crippen LogP) is 5.10. The normalized spacial score (nSPS) is 13.2. The average molecular weight is 378 g/mol. The number of rotatable bonds is 3. The molecule has 29 heavy (non-hydrogen) atoms. The summed E-state index contributed by atoms with van der Waals surface area (Å²) in [5.41, 5.74) is 7.40. The molecule has 4 heteroatoms. The summed E-state index contributed by atoms with van der Waals surface area (Å²) in [5, 5.41) is 9.03. The lowest BCUT2D eigenvalue weighted by atomic mass is 9.88. The molecule has 0 fully saturated rings. The molecule has 142 valence electrons. The van der Waals surface area contributed by atoms with Crippen LogP contribution in [0.5, 0.6) is 0 Å². The second-order valence-corrected chi connectivity index (χ2v) is 7.48. The molecular formula is C25H22N4. The third kappa shape index (κ3) is 3.38. The van der Waals surface area contributed by atoms with Crippen LogP contribution in [0.3, 0.4) is 0 Å². The van der Waals surface area contributed by atoms with E-state index in [2.05, 4.69) is 93.4 Å². The van der Waals surface area contributed by atoms with Gasteiger partial charge in [0.25, 0.3) is 0 Å². The topological polar surface area (TPSA) is 43.6 Å². The van der Waals surface area contributed by atoms with E-state index in [0.29, 0.717) is 0 Å². The maximum Gasteiger partial charge on any atom is 0.165 e. The van der Waals surface area contributed by atoms with Gasteiger partial charge in [-0.2, -0.15) is 0 Å². The van der Waals surface area contributed by atoms with Gasteiger partial charge in [0.05, 0.1) is 0 Å². The van der Waals surface area contributed by atoms with E-state index < -0.39 is 0 Å². The van der Waals surface area contributed by atoms with Crippen molar-refractivity contribution in [3.05, 3.63) is 107 Å². The van der Waals surface area contributed by atoms with Crippen LogP contribution in [0.2, 0.25) is 0 Å². The standard InChI is InChI=1S/C25H22N4/c1-18-14-22(17-26-16-18)25-28-27-23-15-21(12-13-29(23)25)24(19-8-4-2-5-9-19)20-10-6-3-7-11-20/h2-11,14,16-17H,12-13,15H2,1H3. The van der Waals surface area contributed by atoms with Crippen LogP contribution in [0.15, 0.2) is 84.7 Å². The second-order valence-electron chi connectivity index (χ2n) is 7.48. The molecule has 5 rings (SSSR count). The Morgan fingerprint density at radius 3 is 2.21 bits per heavy atom. The number of hydrogen-bond donors (Lipinski definition) is 0. The number of nitrogens with zero attached hydrogens (tertiary/aromatic N) is 4. The van der Waals surface area contributed by atoms with Crippen LogP contribution in [0.1, 0.15) is 28.9 Å². The first-order valence-corrected chi connectivity index (χ1v) is 9.96. The number of fused-ring (bicyclic) bond motifs is 1. The summed E-state index contributed by atoms with van der Waals surface area (Å²) in [7, 11) is 0. The summed E-state index contributed by atoms with van der Waals surface area (Å²) in [6.07, 6.45) is 5.53. The lowest BCUT2D eigenvalue weighted by Crippen LogP contribution is -2.15. The minimum atomic E-state index is 0.811. The van der Waals surface area contributed by atoms with Crippen LogP contribution < -0.4 is 0 Å². The average Bonchev–Trinajstić information content (AvgIpc) is 3.19. The van der Waals surface area contributed by atoms with Gasteiger partial charge in [0, 0.05) is 30.9 Å². The highest BCUT2D eigenvalue weighted by Gasteiger charge is 2.23. The Morgan fingerprint density at radius 2 is 1.55 bits per heavy atom. The van der Waals surface area contributed by atoms with Crippen LogP contribution in [0.4, 0.5) is 0 Å². The van der Waals surface area contributed by atoms with Crippen molar-refractivity contribution in [1.82, 2.24) is 19.7 Å². The van der Waals surface area contributed by atoms with Gasteiger partial charge in [0.2, 0.25) is 0 Å². The highest BCUT2D eigenvalue weighted by atomic mass is 15.3. The maximum atomic E-state index is 4.53. The summed E-state index contributed by atoms with van der Waals surface area (Å²) in [4.78, 5) is 4.32. The fourth-order valence-electron chi connectivity index (χ4n) is 4.12. The van der Waals surface area contributed by atoms with Crippen LogP contribution in [0.25, 0.3) is 17.0 Å². The summed E-state index contributed by atoms with van der Waals surface area (Å²) in [5.74, 6) is 1.93. The van der Waals surface area contributed by atoms with E-state index in [1.807, 2.05) is 12.4 Å². The molecule has 1 aliphatic heterocycles. The predicted molar refractivity (Wildman–Crippen MR) is 115 cm³/mol. The fourth-order valence-corrected chi connectivity index (χ4v) is 4.12. The van der Waals surface area contributed by atoms with E-state index in [4.69, 9.17) is 0 Å². The molecule has 3 heterocycles. The third-order valence-electron chi connectivity index (χ3n) is 5.45. The Morgan fingerprint density at radius 1 is 0.862 bits per heavy atom. The molecular weight excluding hydrogens is 356 g/mol. The van der Waals surface area contributed by atoms with Gasteiger partial charge in [-0.3, -0.25) is 4.98 Å². The van der Waals surface area contributed by atoms with Crippen LogP contribution >= 0.6 is 0 Å². The first-order chi connectivity index (χ1) is 14.3. The van der Waals surface area contributed by atoms with Crippen molar-refractivity contribution in [2.75, 3.05) is 0 Å². The van der Waals surface area contributed by atoms with Gasteiger partial charge in [0.15, 0.2) is 5.82 Å². The van der Waals surface area contributed by atoms with Gasteiger partial charge in [-0.1, -0.05) is 66.2 Å². The summed E-state index contributed by atoms with van der Waals surface area (Å²) >= 11 is 0. The molecule has 4 nitrogen and oxygen atoms in total. The van der Waals surface area contributed by atoms with Crippen LogP contribution in [-0.4, -0.2) is 19.7 Å². The largest absolute Gasteiger partial charge is 0.310 e. The molecule has 1 aliphatic rings. The zero-order chi connectivity index (χ0) is 19.6. The molecule has 0 spiro atoms. The van der Waals surface area contributed by atoms with Crippen molar-refractivity contribution in [3.8, 4) is 11.4 Å². The molecule has 2 aromatic carbocycles. The van der Waals surface area contributed by atoms with E-state index in [-0.39, 0.29) is 0 Å². The van der Waals surface area contributed by atoms with Crippen molar-refractivity contribution >= 4 is 5.57 Å². The minimum absolute atomic E-state index is 0.811. The first kappa shape index (κ1) is 17.6. The van der Waals surface area contributed by atoms with Crippen molar-refractivity contribution < 1.29 is 0 Å². The molecule has 0 radical (unpaired) electrons. The molecule has 0 unspecified atom stereocenters. The van der Waals surface area contributed by atoms with Gasteiger partial charge in [-0.15, -0.1) is 10.2 Å². The fraction of sp³-hybridized carbons (Fsp3) is 0.160. The summed E-state index contributed by atoms with van der Waals surface area (Å²) < 4.78 is 2.24. The number of hydrogen-bond acceptors (Lipinski definition) is 3.